The first kappa shape index (κ1) is 64.3. The number of nitrogens with one attached hydrogen (secondary N) is 7. The topological polar surface area (TPSA) is 336 Å². The summed E-state index contributed by atoms with van der Waals surface area (Å²) in [7, 11) is 0. The van der Waals surface area contributed by atoms with Gasteiger partial charge in [-0.05, 0) is 58.2 Å². The zero-order valence-electron chi connectivity index (χ0n) is 42.7. The monoisotopic (exact) mass is 1110 g/mol. The van der Waals surface area contributed by atoms with Crippen LogP contribution in [-0.2, 0) is 43.2 Å². The summed E-state index contributed by atoms with van der Waals surface area (Å²) in [5.41, 5.74) is 7.15. The second-order valence-corrected chi connectivity index (χ2v) is 24.6. The Morgan fingerprint density at radius 3 is 1.31 bits per heavy atom. The fourth-order valence-electron chi connectivity index (χ4n) is 9.19. The van der Waals surface area contributed by atoms with Gasteiger partial charge in [-0.3, -0.25) is 39.4 Å². The number of nitrogens with two attached hydrogens (primary N) is 1. The molecule has 3 aromatic rings. The van der Waals surface area contributed by atoms with Crippen LogP contribution in [0.2, 0.25) is 0 Å². The van der Waals surface area contributed by atoms with Gasteiger partial charge in [0.15, 0.2) is 0 Å². The number of rotatable bonds is 18. The van der Waals surface area contributed by atoms with Crippen LogP contribution in [0.3, 0.4) is 0 Å². The van der Waals surface area contributed by atoms with E-state index in [1.54, 1.807) is 108 Å². The summed E-state index contributed by atoms with van der Waals surface area (Å²) < 4.78 is -3.17. The first-order valence-corrected chi connectivity index (χ1v) is 25.4. The molecule has 4 fully saturated rings. The van der Waals surface area contributed by atoms with Crippen molar-refractivity contribution in [2.24, 2.45) is 5.73 Å². The molecule has 0 aliphatic carbocycles. The van der Waals surface area contributed by atoms with Gasteiger partial charge in [0, 0.05) is 14.2 Å². The van der Waals surface area contributed by atoms with E-state index < -0.39 is 138 Å². The average Bonchev–Trinajstić information content (AvgIpc) is 3.94. The molecule has 27 heteroatoms. The number of benzene rings is 3. The molecule has 9 N–H and O–H groups in total. The van der Waals surface area contributed by atoms with Crippen LogP contribution in [0.15, 0.2) is 91.0 Å². The van der Waals surface area contributed by atoms with E-state index >= 15 is 0 Å². The zero-order valence-corrected chi connectivity index (χ0v) is 51.2. The molecule has 6 amide bonds. The van der Waals surface area contributed by atoms with Crippen molar-refractivity contribution in [2.45, 2.75) is 126 Å². The Bertz CT molecular complexity index is 2630. The molecule has 12 atom stereocenters. The minimum atomic E-state index is -1.72. The SMILES string of the molecule is CC1(C)S[C@@H]2[C@H](NC(=O)[C@H](NC(=O)[C@@H](NC(=O)[C@H](NC(=O)C(NC(=O)[C@H](N)c3ccccc3)[C@@H]3N[C@@H](C(=O)[O-])C(C)(C)S3)c3ccccc3)[C@H]3N[C@@H](C(=O)[O-])C(C)(C)S3)c3ccccc3)C(=O)N2[C@H]1C(=O)[O-].[Na+].[Na+].[Na+]. The van der Waals surface area contributed by atoms with E-state index in [9.17, 15) is 58.5 Å². The molecule has 75 heavy (non-hydrogen) atoms. The summed E-state index contributed by atoms with van der Waals surface area (Å²) in [5.74, 6) is -9.78. The van der Waals surface area contributed by atoms with Crippen LogP contribution in [-0.4, -0.2) is 125 Å². The Labute approximate surface area is 512 Å². The van der Waals surface area contributed by atoms with E-state index in [4.69, 9.17) is 5.73 Å². The summed E-state index contributed by atoms with van der Waals surface area (Å²) in [6.45, 7) is 9.67. The Morgan fingerprint density at radius 2 is 0.920 bits per heavy atom. The summed E-state index contributed by atoms with van der Waals surface area (Å²) in [5, 5.41) is 52.7. The van der Waals surface area contributed by atoms with E-state index in [0.29, 0.717) is 5.56 Å². The van der Waals surface area contributed by atoms with Crippen LogP contribution in [0.5, 0.6) is 0 Å². The Balaban J connectivity index is 0.00000406. The molecule has 0 radical (unpaired) electrons. The average molecular weight is 1110 g/mol. The van der Waals surface area contributed by atoms with Crippen molar-refractivity contribution in [2.75, 3.05) is 0 Å². The summed E-state index contributed by atoms with van der Waals surface area (Å²) >= 11 is 3.17. The Hall–Kier alpha value is -3.18. The number of fused-ring (bicyclic) bond motifs is 1. The number of carboxylic acids is 3. The quantitative estimate of drug-likeness (QED) is 0.0433. The van der Waals surface area contributed by atoms with Gasteiger partial charge in [0.1, 0.15) is 41.6 Å². The van der Waals surface area contributed by atoms with Crippen molar-refractivity contribution in [3.05, 3.63) is 108 Å². The minimum Gasteiger partial charge on any atom is -0.548 e. The van der Waals surface area contributed by atoms with Gasteiger partial charge in [0.25, 0.3) is 0 Å². The third kappa shape index (κ3) is 14.2. The van der Waals surface area contributed by atoms with E-state index in [0.717, 1.165) is 40.2 Å². The van der Waals surface area contributed by atoms with Gasteiger partial charge in [-0.1, -0.05) is 91.0 Å². The van der Waals surface area contributed by atoms with Gasteiger partial charge in [0.05, 0.1) is 46.8 Å². The smallest absolute Gasteiger partial charge is 0.548 e. The number of hydrogen-bond donors (Lipinski definition) is 8. The molecular formula is C48H54N9Na3O12S3. The molecule has 1 unspecified atom stereocenters. The van der Waals surface area contributed by atoms with Crippen molar-refractivity contribution in [3.8, 4) is 0 Å². The van der Waals surface area contributed by atoms with E-state index in [1.807, 2.05) is 0 Å². The third-order valence-corrected chi connectivity index (χ3v) is 17.5. The third-order valence-electron chi connectivity index (χ3n) is 12.9. The number of carbonyl (C=O) groups is 9. The maximum absolute atomic E-state index is 14.9. The fraction of sp³-hybridized carbons (Fsp3) is 0.438. The van der Waals surface area contributed by atoms with Crippen LogP contribution in [0.4, 0.5) is 0 Å². The van der Waals surface area contributed by atoms with Crippen molar-refractivity contribution in [3.63, 3.8) is 0 Å². The van der Waals surface area contributed by atoms with Crippen molar-refractivity contribution in [1.82, 2.24) is 42.1 Å². The van der Waals surface area contributed by atoms with Crippen LogP contribution < -0.4 is 147 Å². The molecule has 4 aliphatic rings. The normalized spacial score (nSPS) is 25.5. The zero-order chi connectivity index (χ0) is 52.6. The molecule has 4 aliphatic heterocycles. The summed E-state index contributed by atoms with van der Waals surface area (Å²) in [6, 6.07) is 11.1. The van der Waals surface area contributed by atoms with Crippen molar-refractivity contribution >= 4 is 88.6 Å². The second kappa shape index (κ2) is 26.2. The number of carbonyl (C=O) groups excluding carboxylic acids is 9. The van der Waals surface area contributed by atoms with Crippen LogP contribution >= 0.6 is 35.3 Å². The molecule has 0 spiro atoms. The summed E-state index contributed by atoms with van der Waals surface area (Å²) in [4.78, 5) is 124. The molecular weight excluding hydrogens is 1060 g/mol. The van der Waals surface area contributed by atoms with Crippen LogP contribution in [0.1, 0.15) is 76.4 Å². The number of aliphatic carboxylic acids is 3. The number of carboxylic acid groups (broad SMARTS) is 3. The molecule has 7 rings (SSSR count). The van der Waals surface area contributed by atoms with Crippen molar-refractivity contribution in [1.29, 1.82) is 0 Å². The van der Waals surface area contributed by atoms with Gasteiger partial charge >= 0.3 is 88.7 Å². The number of nitrogens with zero attached hydrogens (tertiary/aromatic N) is 1. The first-order chi connectivity index (χ1) is 33.8. The molecule has 384 valence electrons. The van der Waals surface area contributed by atoms with Crippen LogP contribution in [0.25, 0.3) is 0 Å². The second-order valence-electron chi connectivity index (χ2n) is 19.3. The predicted octanol–water partition coefficient (Wildman–Crippen LogP) is -12.2. The van der Waals surface area contributed by atoms with Gasteiger partial charge in [-0.2, -0.15) is 0 Å². The van der Waals surface area contributed by atoms with E-state index in [1.165, 1.54) is 24.3 Å². The Kier molecular flexibility index (Phi) is 22.5. The predicted molar refractivity (Wildman–Crippen MR) is 260 cm³/mol. The molecule has 0 bridgehead atoms. The molecule has 21 nitrogen and oxygen atoms in total. The maximum atomic E-state index is 14.9. The molecule has 3 aromatic carbocycles. The number of amides is 6. The first-order valence-electron chi connectivity index (χ1n) is 22.8. The number of hydrogen-bond acceptors (Lipinski definition) is 18. The number of β-lactam (4-membered cyclic amide) rings is 1. The van der Waals surface area contributed by atoms with Gasteiger partial charge in [0.2, 0.25) is 35.4 Å². The van der Waals surface area contributed by atoms with Gasteiger partial charge in [-0.25, -0.2) is 0 Å². The molecule has 4 saturated heterocycles. The minimum absolute atomic E-state index is 0. The maximum Gasteiger partial charge on any atom is 1.00 e. The van der Waals surface area contributed by atoms with Gasteiger partial charge < -0.3 is 66.9 Å². The van der Waals surface area contributed by atoms with E-state index in [-0.39, 0.29) is 99.8 Å². The molecule has 4 heterocycles. The summed E-state index contributed by atoms with van der Waals surface area (Å²) in [6.07, 6.45) is 0. The van der Waals surface area contributed by atoms with Gasteiger partial charge in [-0.15, -0.1) is 35.3 Å². The largest absolute Gasteiger partial charge is 1.00 e. The van der Waals surface area contributed by atoms with Crippen molar-refractivity contribution < 1.29 is 147 Å². The molecule has 0 saturated carbocycles. The van der Waals surface area contributed by atoms with E-state index in [2.05, 4.69) is 37.2 Å². The molecule has 0 aromatic heterocycles. The standard InChI is InChI=1S/C48H57N9O12S3.3Na/c1-46(2)31(43(64)65)55-39(70-46)28(52-34(58)25(49)22-16-10-7-11-17-22)37(61)50-26(23-18-12-8-13-19-23)35(59)53-29(40-56-32(44(66)67)47(3,4)71-40)38(62)51-27(24-20-14-9-15-21-24)36(60)54-30-41(63)57-33(45(68)69)48(5,6)72-42(30)57;;;/h7-21,25-33,39-40,42,55-56H,49H2,1-6H3,(H,50,61)(H,51,62)(H,52,58)(H,53,59)(H,54,60)(H,64,65)(H,66,67)(H,68,69);;;/q;3*+1/p-3/t25-,26-,27-,28?,29-,30-,31+,32+,33+,39-,40+,42-;;;/m1.../s1. The number of thioether (sulfide) groups is 3. The fourth-order valence-corrected chi connectivity index (χ4v) is 13.8. The Morgan fingerprint density at radius 1 is 0.533 bits per heavy atom. The van der Waals surface area contributed by atoms with Crippen LogP contribution in [0, 0.1) is 0 Å².